The van der Waals surface area contributed by atoms with Gasteiger partial charge in [0.15, 0.2) is 5.96 Å². The van der Waals surface area contributed by atoms with E-state index in [9.17, 15) is 4.79 Å². The van der Waals surface area contributed by atoms with Crippen LogP contribution in [0.1, 0.15) is 21.5 Å². The van der Waals surface area contributed by atoms with Crippen molar-refractivity contribution in [3.05, 3.63) is 59.2 Å². The first kappa shape index (κ1) is 25.5. The third-order valence-electron chi connectivity index (χ3n) is 4.40. The Morgan fingerprint density at radius 2 is 1.60 bits per heavy atom. The molecule has 0 aliphatic rings. The Morgan fingerprint density at radius 3 is 2.23 bits per heavy atom. The average molecular weight is 526 g/mol. The summed E-state index contributed by atoms with van der Waals surface area (Å²) in [5.41, 5.74) is 2.96. The monoisotopic (exact) mass is 526 g/mol. The highest BCUT2D eigenvalue weighted by Gasteiger charge is 2.06. The first-order valence-corrected chi connectivity index (χ1v) is 9.57. The first-order valence-electron chi connectivity index (χ1n) is 9.57. The molecular formula is C22H31IN4O3. The molecule has 0 saturated carbocycles. The molecule has 2 aromatic carbocycles. The Morgan fingerprint density at radius 1 is 0.933 bits per heavy atom. The van der Waals surface area contributed by atoms with Crippen LogP contribution in [0.2, 0.25) is 0 Å². The second-order valence-electron chi connectivity index (χ2n) is 6.48. The van der Waals surface area contributed by atoms with Crippen LogP contribution < -0.4 is 25.4 Å². The number of nitrogens with zero attached hydrogens (tertiary/aromatic N) is 1. The van der Waals surface area contributed by atoms with Crippen LogP contribution in [0, 0.1) is 6.92 Å². The number of nitrogens with one attached hydrogen (secondary N) is 3. The summed E-state index contributed by atoms with van der Waals surface area (Å²) in [6, 6.07) is 13.2. The Balaban J connectivity index is 0.00000450. The lowest BCUT2D eigenvalue weighted by Gasteiger charge is -2.14. The lowest BCUT2D eigenvalue weighted by Crippen LogP contribution is -2.42. The summed E-state index contributed by atoms with van der Waals surface area (Å²) in [6.45, 7) is 3.83. The predicted molar refractivity (Wildman–Crippen MR) is 132 cm³/mol. The van der Waals surface area contributed by atoms with Gasteiger partial charge in [-0.15, -0.1) is 24.0 Å². The first-order chi connectivity index (χ1) is 14.1. The van der Waals surface area contributed by atoms with E-state index in [0.717, 1.165) is 30.0 Å². The molecule has 0 bridgehead atoms. The molecule has 0 unspecified atom stereocenters. The summed E-state index contributed by atoms with van der Waals surface area (Å²) >= 11 is 0. The van der Waals surface area contributed by atoms with Crippen molar-refractivity contribution < 1.29 is 14.3 Å². The standard InChI is InChI=1S/C22H30N4O3.HI/c1-16-5-10-20(29-4)18(15-16)11-12-25-22(23-2)26-14-13-24-21(27)17-6-8-19(28-3)9-7-17;/h5-10,15H,11-14H2,1-4H3,(H,24,27)(H2,23,25,26);1H. The summed E-state index contributed by atoms with van der Waals surface area (Å²) in [4.78, 5) is 16.3. The molecule has 2 aromatic rings. The Bertz CT molecular complexity index is 826. The van der Waals surface area contributed by atoms with E-state index in [4.69, 9.17) is 9.47 Å². The van der Waals surface area contributed by atoms with Crippen molar-refractivity contribution in [3.63, 3.8) is 0 Å². The number of hydrogen-bond acceptors (Lipinski definition) is 4. The topological polar surface area (TPSA) is 84.0 Å². The van der Waals surface area contributed by atoms with Crippen molar-refractivity contribution in [2.75, 3.05) is 40.9 Å². The zero-order valence-corrected chi connectivity index (χ0v) is 20.3. The van der Waals surface area contributed by atoms with Gasteiger partial charge in [0.2, 0.25) is 0 Å². The fraction of sp³-hybridized carbons (Fsp3) is 0.364. The molecule has 8 heteroatoms. The van der Waals surface area contributed by atoms with Crippen LogP contribution in [0.4, 0.5) is 0 Å². The van der Waals surface area contributed by atoms with Crippen molar-refractivity contribution in [1.29, 1.82) is 0 Å². The predicted octanol–water partition coefficient (Wildman–Crippen LogP) is 2.77. The van der Waals surface area contributed by atoms with Crippen molar-refractivity contribution in [1.82, 2.24) is 16.0 Å². The number of aryl methyl sites for hydroxylation is 1. The fourth-order valence-electron chi connectivity index (χ4n) is 2.84. The van der Waals surface area contributed by atoms with Crippen LogP contribution in [-0.2, 0) is 6.42 Å². The molecule has 1 amide bonds. The largest absolute Gasteiger partial charge is 0.497 e. The maximum absolute atomic E-state index is 12.1. The van der Waals surface area contributed by atoms with Crippen LogP contribution in [0.25, 0.3) is 0 Å². The number of ether oxygens (including phenoxy) is 2. The van der Waals surface area contributed by atoms with Gasteiger partial charge in [0.25, 0.3) is 5.91 Å². The van der Waals surface area contributed by atoms with Crippen molar-refractivity contribution in [3.8, 4) is 11.5 Å². The maximum atomic E-state index is 12.1. The van der Waals surface area contributed by atoms with E-state index in [1.165, 1.54) is 5.56 Å². The zero-order valence-electron chi connectivity index (χ0n) is 18.0. The van der Waals surface area contributed by atoms with Crippen LogP contribution in [0.15, 0.2) is 47.5 Å². The maximum Gasteiger partial charge on any atom is 0.251 e. The van der Waals surface area contributed by atoms with Gasteiger partial charge in [-0.05, 0) is 49.2 Å². The zero-order chi connectivity index (χ0) is 21.1. The van der Waals surface area contributed by atoms with Crippen molar-refractivity contribution in [2.24, 2.45) is 4.99 Å². The highest BCUT2D eigenvalue weighted by molar-refractivity contribution is 14.0. The van der Waals surface area contributed by atoms with E-state index in [1.807, 2.05) is 12.1 Å². The number of amides is 1. The Labute approximate surface area is 195 Å². The van der Waals surface area contributed by atoms with E-state index >= 15 is 0 Å². The SMILES string of the molecule is CN=C(NCCNC(=O)c1ccc(OC)cc1)NCCc1cc(C)ccc1OC.I. The number of halogens is 1. The van der Waals surface area contributed by atoms with Gasteiger partial charge < -0.3 is 25.4 Å². The number of hydrogen-bond donors (Lipinski definition) is 3. The van der Waals surface area contributed by atoms with Gasteiger partial charge >= 0.3 is 0 Å². The van der Waals surface area contributed by atoms with Gasteiger partial charge in [-0.25, -0.2) is 0 Å². The summed E-state index contributed by atoms with van der Waals surface area (Å²) in [5, 5.41) is 9.35. The molecule has 2 rings (SSSR count). The average Bonchev–Trinajstić information content (AvgIpc) is 2.75. The van der Waals surface area contributed by atoms with Crippen LogP contribution in [0.5, 0.6) is 11.5 Å². The Kier molecular flexibility index (Phi) is 11.7. The molecule has 0 heterocycles. The highest BCUT2D eigenvalue weighted by Crippen LogP contribution is 2.19. The molecule has 0 aliphatic carbocycles. The molecule has 0 aromatic heterocycles. The van der Waals surface area contributed by atoms with E-state index in [2.05, 4.69) is 33.9 Å². The summed E-state index contributed by atoms with van der Waals surface area (Å²) in [5.74, 6) is 2.18. The lowest BCUT2D eigenvalue weighted by atomic mass is 10.1. The molecule has 3 N–H and O–H groups in total. The number of benzene rings is 2. The fourth-order valence-corrected chi connectivity index (χ4v) is 2.84. The third kappa shape index (κ3) is 8.10. The second-order valence-corrected chi connectivity index (χ2v) is 6.48. The molecule has 0 aliphatic heterocycles. The van der Waals surface area contributed by atoms with Gasteiger partial charge in [-0.3, -0.25) is 9.79 Å². The Hall–Kier alpha value is -2.49. The van der Waals surface area contributed by atoms with Gasteiger partial charge in [0.05, 0.1) is 14.2 Å². The number of aliphatic imine (C=N–C) groups is 1. The van der Waals surface area contributed by atoms with Gasteiger partial charge in [-0.2, -0.15) is 0 Å². The quantitative estimate of drug-likeness (QED) is 0.203. The number of methoxy groups -OCH3 is 2. The summed E-state index contributed by atoms with van der Waals surface area (Å²) in [6.07, 6.45) is 0.819. The second kappa shape index (κ2) is 13.7. The third-order valence-corrected chi connectivity index (χ3v) is 4.40. The molecule has 7 nitrogen and oxygen atoms in total. The minimum atomic E-state index is -0.121. The normalized spacial score (nSPS) is 10.6. The van der Waals surface area contributed by atoms with E-state index in [0.29, 0.717) is 24.6 Å². The van der Waals surface area contributed by atoms with E-state index in [-0.39, 0.29) is 29.9 Å². The van der Waals surface area contributed by atoms with Crippen LogP contribution in [0.3, 0.4) is 0 Å². The summed E-state index contributed by atoms with van der Waals surface area (Å²) in [7, 11) is 5.00. The van der Waals surface area contributed by atoms with E-state index in [1.54, 1.807) is 45.5 Å². The smallest absolute Gasteiger partial charge is 0.251 e. The van der Waals surface area contributed by atoms with Gasteiger partial charge in [0, 0.05) is 32.2 Å². The number of rotatable bonds is 9. The molecule has 30 heavy (non-hydrogen) atoms. The highest BCUT2D eigenvalue weighted by atomic mass is 127. The van der Waals surface area contributed by atoms with E-state index < -0.39 is 0 Å². The number of carbonyl (C=O) groups excluding carboxylic acids is 1. The minimum absolute atomic E-state index is 0. The molecule has 0 spiro atoms. The van der Waals surface area contributed by atoms with Gasteiger partial charge in [-0.1, -0.05) is 17.7 Å². The van der Waals surface area contributed by atoms with Gasteiger partial charge in [0.1, 0.15) is 11.5 Å². The molecule has 0 fully saturated rings. The molecular weight excluding hydrogens is 495 g/mol. The number of guanidine groups is 1. The molecule has 0 saturated heterocycles. The van der Waals surface area contributed by atoms with Crippen molar-refractivity contribution in [2.45, 2.75) is 13.3 Å². The summed E-state index contributed by atoms with van der Waals surface area (Å²) < 4.78 is 10.5. The molecule has 0 radical (unpaired) electrons. The number of carbonyl (C=O) groups is 1. The van der Waals surface area contributed by atoms with Crippen LogP contribution in [-0.4, -0.2) is 52.8 Å². The van der Waals surface area contributed by atoms with Crippen molar-refractivity contribution >= 4 is 35.8 Å². The lowest BCUT2D eigenvalue weighted by molar-refractivity contribution is 0.0954. The molecule has 0 atom stereocenters. The molecule has 164 valence electrons. The van der Waals surface area contributed by atoms with Crippen LogP contribution >= 0.6 is 24.0 Å². The minimum Gasteiger partial charge on any atom is -0.497 e.